The maximum atomic E-state index is 11.4. The molecule has 2 aromatic rings. The van der Waals surface area contributed by atoms with Crippen LogP contribution in [0.25, 0.3) is 0 Å². The molecule has 10 nitrogen and oxygen atoms in total. The van der Waals surface area contributed by atoms with Crippen molar-refractivity contribution in [1.29, 1.82) is 0 Å². The minimum Gasteiger partial charge on any atom is -0.490 e. The van der Waals surface area contributed by atoms with Gasteiger partial charge in [0.1, 0.15) is 0 Å². The molecule has 0 amide bonds. The molecule has 25 heavy (non-hydrogen) atoms. The van der Waals surface area contributed by atoms with Gasteiger partial charge in [0.05, 0.1) is 24.9 Å². The third-order valence-electron chi connectivity index (χ3n) is 3.01. The fourth-order valence-electron chi connectivity index (χ4n) is 2.09. The van der Waals surface area contributed by atoms with E-state index in [1.807, 2.05) is 0 Å². The predicted molar refractivity (Wildman–Crippen MR) is 91.6 cm³/mol. The van der Waals surface area contributed by atoms with Gasteiger partial charge in [0.15, 0.2) is 5.75 Å². The van der Waals surface area contributed by atoms with Crippen molar-refractivity contribution in [2.24, 2.45) is 5.10 Å². The van der Waals surface area contributed by atoms with Crippen LogP contribution in [0.2, 0.25) is 0 Å². The lowest BCUT2D eigenvalue weighted by Gasteiger charge is -2.10. The molecule has 0 aliphatic carbocycles. The largest absolute Gasteiger partial charge is 0.490 e. The SMILES string of the molecule is CCOc1cc(/C=N\Nc2nc(C)cc(=O)[nH]2)cc([N+](=O)[O-])c1OC. The van der Waals surface area contributed by atoms with Crippen molar-refractivity contribution in [2.45, 2.75) is 13.8 Å². The summed E-state index contributed by atoms with van der Waals surface area (Å²) in [5.74, 6) is 0.443. The fourth-order valence-corrected chi connectivity index (χ4v) is 2.09. The second-order valence-corrected chi connectivity index (χ2v) is 4.87. The van der Waals surface area contributed by atoms with Crippen LogP contribution in [0.4, 0.5) is 11.6 Å². The molecule has 0 radical (unpaired) electrons. The van der Waals surface area contributed by atoms with Gasteiger partial charge >= 0.3 is 5.69 Å². The zero-order valence-electron chi connectivity index (χ0n) is 13.9. The number of nitrogens with one attached hydrogen (secondary N) is 2. The van der Waals surface area contributed by atoms with Crippen molar-refractivity contribution in [2.75, 3.05) is 19.1 Å². The smallest absolute Gasteiger partial charge is 0.315 e. The highest BCUT2D eigenvalue weighted by Gasteiger charge is 2.21. The lowest BCUT2D eigenvalue weighted by molar-refractivity contribution is -0.385. The van der Waals surface area contributed by atoms with E-state index in [-0.39, 0.29) is 28.7 Å². The van der Waals surface area contributed by atoms with Crippen LogP contribution >= 0.6 is 0 Å². The summed E-state index contributed by atoms with van der Waals surface area (Å²) in [4.78, 5) is 28.5. The van der Waals surface area contributed by atoms with Crippen LogP contribution in [0.15, 0.2) is 28.1 Å². The highest BCUT2D eigenvalue weighted by molar-refractivity contribution is 5.83. The molecule has 1 heterocycles. The Kier molecular flexibility index (Phi) is 5.66. The van der Waals surface area contributed by atoms with Gasteiger partial charge in [-0.25, -0.2) is 10.4 Å². The standard InChI is InChI=1S/C15H17N5O5/c1-4-25-12-7-10(6-11(20(22)23)14(12)24-3)8-16-19-15-17-9(2)5-13(21)18-15/h5-8H,4H2,1-3H3,(H2,17,18,19,21)/b16-8-. The first kappa shape index (κ1) is 17.9. The molecule has 0 fully saturated rings. The van der Waals surface area contributed by atoms with Gasteiger partial charge < -0.3 is 9.47 Å². The Morgan fingerprint density at radius 1 is 1.44 bits per heavy atom. The van der Waals surface area contributed by atoms with Crippen LogP contribution in [0.3, 0.4) is 0 Å². The summed E-state index contributed by atoms with van der Waals surface area (Å²) in [6.07, 6.45) is 1.34. The molecule has 0 saturated heterocycles. The lowest BCUT2D eigenvalue weighted by Crippen LogP contribution is -2.10. The molecule has 0 spiro atoms. The van der Waals surface area contributed by atoms with Crippen LogP contribution in [-0.2, 0) is 0 Å². The molecule has 0 bridgehead atoms. The number of methoxy groups -OCH3 is 1. The molecule has 0 aliphatic rings. The van der Waals surface area contributed by atoms with Crippen LogP contribution in [-0.4, -0.2) is 34.8 Å². The number of hydrazone groups is 1. The number of benzene rings is 1. The third-order valence-corrected chi connectivity index (χ3v) is 3.01. The third kappa shape index (κ3) is 4.53. The number of hydrogen-bond acceptors (Lipinski definition) is 8. The highest BCUT2D eigenvalue weighted by atomic mass is 16.6. The first-order valence-electron chi connectivity index (χ1n) is 7.30. The zero-order valence-corrected chi connectivity index (χ0v) is 13.9. The average Bonchev–Trinajstić information content (AvgIpc) is 2.53. The maximum absolute atomic E-state index is 11.4. The molecule has 0 saturated carbocycles. The Morgan fingerprint density at radius 2 is 2.20 bits per heavy atom. The fraction of sp³-hybridized carbons (Fsp3) is 0.267. The molecule has 2 rings (SSSR count). The first-order chi connectivity index (χ1) is 11.9. The number of anilines is 1. The summed E-state index contributed by atoms with van der Waals surface area (Å²) in [6, 6.07) is 4.21. The summed E-state index contributed by atoms with van der Waals surface area (Å²) in [5, 5.41) is 15.1. The molecule has 0 unspecified atom stereocenters. The van der Waals surface area contributed by atoms with E-state index < -0.39 is 4.92 Å². The maximum Gasteiger partial charge on any atom is 0.315 e. The van der Waals surface area contributed by atoms with Crippen molar-refractivity contribution < 1.29 is 14.4 Å². The van der Waals surface area contributed by atoms with Crippen molar-refractivity contribution in [1.82, 2.24) is 9.97 Å². The Labute approximate surface area is 142 Å². The van der Waals surface area contributed by atoms with Gasteiger partial charge in [0, 0.05) is 23.4 Å². The monoisotopic (exact) mass is 347 g/mol. The van der Waals surface area contributed by atoms with Crippen molar-refractivity contribution in [3.8, 4) is 11.5 Å². The van der Waals surface area contributed by atoms with Crippen LogP contribution in [0.1, 0.15) is 18.2 Å². The van der Waals surface area contributed by atoms with Gasteiger partial charge in [-0.2, -0.15) is 5.10 Å². The van der Waals surface area contributed by atoms with E-state index in [1.54, 1.807) is 19.9 Å². The first-order valence-corrected chi connectivity index (χ1v) is 7.30. The topological polar surface area (TPSA) is 132 Å². The quantitative estimate of drug-likeness (QED) is 0.443. The van der Waals surface area contributed by atoms with Gasteiger partial charge in [0.25, 0.3) is 5.56 Å². The average molecular weight is 347 g/mol. The van der Waals surface area contributed by atoms with Gasteiger partial charge in [0.2, 0.25) is 11.7 Å². The summed E-state index contributed by atoms with van der Waals surface area (Å²) in [6.45, 7) is 3.75. The van der Waals surface area contributed by atoms with Gasteiger partial charge in [-0.1, -0.05) is 0 Å². The number of aryl methyl sites for hydroxylation is 1. The number of rotatable bonds is 7. The second-order valence-electron chi connectivity index (χ2n) is 4.87. The number of H-pyrrole nitrogens is 1. The molecule has 1 aromatic carbocycles. The van der Waals surface area contributed by atoms with Gasteiger partial charge in [-0.15, -0.1) is 0 Å². The number of aromatic nitrogens is 2. The summed E-state index contributed by atoms with van der Waals surface area (Å²) in [5.41, 5.74) is 2.95. The molecule has 0 atom stereocenters. The second kappa shape index (κ2) is 7.90. The Morgan fingerprint density at radius 3 is 2.80 bits per heavy atom. The Hall–Kier alpha value is -3.43. The molecule has 1 aromatic heterocycles. The summed E-state index contributed by atoms with van der Waals surface area (Å²) in [7, 11) is 1.33. The van der Waals surface area contributed by atoms with Crippen molar-refractivity contribution in [3.63, 3.8) is 0 Å². The van der Waals surface area contributed by atoms with E-state index in [2.05, 4.69) is 20.5 Å². The number of ether oxygens (including phenoxy) is 2. The van der Waals surface area contributed by atoms with Crippen LogP contribution < -0.4 is 20.5 Å². The lowest BCUT2D eigenvalue weighted by atomic mass is 10.2. The number of aromatic amines is 1. The number of hydrogen-bond donors (Lipinski definition) is 2. The van der Waals surface area contributed by atoms with E-state index in [0.29, 0.717) is 17.9 Å². The Bertz CT molecular complexity index is 862. The Balaban J connectivity index is 2.31. The molecule has 2 N–H and O–H groups in total. The van der Waals surface area contributed by atoms with E-state index in [4.69, 9.17) is 9.47 Å². The van der Waals surface area contributed by atoms with Crippen LogP contribution in [0, 0.1) is 17.0 Å². The predicted octanol–water partition coefficient (Wildman–Crippen LogP) is 1.84. The molecular formula is C15H17N5O5. The molecular weight excluding hydrogens is 330 g/mol. The van der Waals surface area contributed by atoms with E-state index in [0.717, 1.165) is 0 Å². The minimum atomic E-state index is -0.564. The highest BCUT2D eigenvalue weighted by Crippen LogP contribution is 2.37. The molecule has 132 valence electrons. The van der Waals surface area contributed by atoms with Gasteiger partial charge in [-0.3, -0.25) is 19.9 Å². The number of nitrogens with zero attached hydrogens (tertiary/aromatic N) is 3. The van der Waals surface area contributed by atoms with Gasteiger partial charge in [-0.05, 0) is 19.9 Å². The zero-order chi connectivity index (χ0) is 18.4. The van der Waals surface area contributed by atoms with Crippen molar-refractivity contribution >= 4 is 17.9 Å². The van der Waals surface area contributed by atoms with Crippen molar-refractivity contribution in [3.05, 3.63) is 49.9 Å². The van der Waals surface area contributed by atoms with Crippen LogP contribution in [0.5, 0.6) is 11.5 Å². The minimum absolute atomic E-state index is 0.0432. The molecule has 10 heteroatoms. The van der Waals surface area contributed by atoms with E-state index in [9.17, 15) is 14.9 Å². The molecule has 0 aliphatic heterocycles. The summed E-state index contributed by atoms with van der Waals surface area (Å²) < 4.78 is 10.5. The number of nitro groups is 1. The van der Waals surface area contributed by atoms with E-state index >= 15 is 0 Å². The number of nitro benzene ring substituents is 1. The summed E-state index contributed by atoms with van der Waals surface area (Å²) >= 11 is 0. The van der Waals surface area contributed by atoms with E-state index in [1.165, 1.54) is 25.5 Å². The normalized spacial score (nSPS) is 10.7.